The number of likely N-dealkylation sites (tertiary alicyclic amines) is 1. The molecule has 1 aromatic rings. The van der Waals surface area contributed by atoms with Gasteiger partial charge in [-0.3, -0.25) is 9.69 Å². The lowest BCUT2D eigenvalue weighted by molar-refractivity contribution is -0.129. The van der Waals surface area contributed by atoms with E-state index in [2.05, 4.69) is 17.0 Å². The number of amides is 1. The summed E-state index contributed by atoms with van der Waals surface area (Å²) in [7, 11) is 1.68. The van der Waals surface area contributed by atoms with E-state index in [1.807, 2.05) is 6.07 Å². The third kappa shape index (κ3) is 3.42. The average Bonchev–Trinajstić information content (AvgIpc) is 2.91. The predicted molar refractivity (Wildman–Crippen MR) is 83.8 cm³/mol. The molecular weight excluding hydrogens is 280 g/mol. The first kappa shape index (κ1) is 15.3. The van der Waals surface area contributed by atoms with Crippen molar-refractivity contribution in [3.63, 3.8) is 0 Å². The molecule has 1 N–H and O–H groups in total. The minimum absolute atomic E-state index is 0.174. The molecule has 1 unspecified atom stereocenters. The molecule has 0 aromatic heterocycles. The van der Waals surface area contributed by atoms with Gasteiger partial charge in [-0.15, -0.1) is 0 Å². The van der Waals surface area contributed by atoms with Gasteiger partial charge in [-0.2, -0.15) is 0 Å². The van der Waals surface area contributed by atoms with Gasteiger partial charge in [0.15, 0.2) is 0 Å². The average molecular weight is 304 g/mol. The van der Waals surface area contributed by atoms with Gasteiger partial charge in [0.25, 0.3) is 0 Å². The minimum atomic E-state index is -0.478. The van der Waals surface area contributed by atoms with Crippen LogP contribution in [0.25, 0.3) is 0 Å². The van der Waals surface area contributed by atoms with Crippen molar-refractivity contribution in [2.75, 3.05) is 33.3 Å². The Morgan fingerprint density at radius 3 is 2.82 bits per heavy atom. The molecule has 2 aliphatic heterocycles. The largest absolute Gasteiger partial charge is 0.497 e. The lowest BCUT2D eigenvalue weighted by Crippen LogP contribution is -2.42. The van der Waals surface area contributed by atoms with Crippen LogP contribution in [0.2, 0.25) is 0 Å². The van der Waals surface area contributed by atoms with E-state index in [-0.39, 0.29) is 5.91 Å². The van der Waals surface area contributed by atoms with E-state index in [1.54, 1.807) is 12.0 Å². The number of rotatable bonds is 5. The van der Waals surface area contributed by atoms with Crippen LogP contribution in [0.1, 0.15) is 24.0 Å². The lowest BCUT2D eigenvalue weighted by Gasteiger charge is -2.31. The molecule has 5 nitrogen and oxygen atoms in total. The Kier molecular flexibility index (Phi) is 4.64. The van der Waals surface area contributed by atoms with E-state index in [4.69, 9.17) is 4.74 Å². The van der Waals surface area contributed by atoms with Crippen LogP contribution in [-0.4, -0.2) is 60.2 Å². The molecule has 5 heteroatoms. The summed E-state index contributed by atoms with van der Waals surface area (Å²) >= 11 is 0. The fraction of sp³-hybridized carbons (Fsp3) is 0.588. The Morgan fingerprint density at radius 2 is 2.09 bits per heavy atom. The number of hydrogen-bond acceptors (Lipinski definition) is 4. The number of aliphatic hydroxyl groups is 1. The second-order valence-electron chi connectivity index (χ2n) is 6.22. The monoisotopic (exact) mass is 304 g/mol. The van der Waals surface area contributed by atoms with E-state index >= 15 is 0 Å². The van der Waals surface area contributed by atoms with E-state index in [0.717, 1.165) is 38.2 Å². The highest BCUT2D eigenvalue weighted by Gasteiger charge is 2.25. The molecule has 0 saturated carbocycles. The van der Waals surface area contributed by atoms with Gasteiger partial charge < -0.3 is 14.7 Å². The van der Waals surface area contributed by atoms with Gasteiger partial charge in [-0.05, 0) is 36.1 Å². The van der Waals surface area contributed by atoms with Crippen molar-refractivity contribution in [1.82, 2.24) is 9.80 Å². The molecule has 0 bridgehead atoms. The van der Waals surface area contributed by atoms with Crippen molar-refractivity contribution < 1.29 is 14.6 Å². The molecule has 1 saturated heterocycles. The number of fused-ring (bicyclic) bond motifs is 1. The summed E-state index contributed by atoms with van der Waals surface area (Å²) in [5.74, 6) is 1.05. The number of methoxy groups -OCH3 is 1. The van der Waals surface area contributed by atoms with E-state index in [0.29, 0.717) is 19.5 Å². The zero-order valence-electron chi connectivity index (χ0n) is 13.1. The Labute approximate surface area is 131 Å². The van der Waals surface area contributed by atoms with Gasteiger partial charge in [-0.25, -0.2) is 0 Å². The number of ether oxygens (including phenoxy) is 1. The fourth-order valence-corrected chi connectivity index (χ4v) is 3.38. The zero-order valence-corrected chi connectivity index (χ0v) is 13.1. The first-order chi connectivity index (χ1) is 10.7. The molecule has 2 aliphatic rings. The molecule has 1 aromatic carbocycles. The first-order valence-electron chi connectivity index (χ1n) is 7.99. The van der Waals surface area contributed by atoms with Crippen molar-refractivity contribution in [2.45, 2.75) is 31.9 Å². The summed E-state index contributed by atoms with van der Waals surface area (Å²) < 4.78 is 5.29. The number of β-amino-alcohol motifs (C(OH)–C–C–N with tert-alkyl or cyclic N) is 1. The highest BCUT2D eigenvalue weighted by molar-refractivity contribution is 5.78. The van der Waals surface area contributed by atoms with E-state index in [1.165, 1.54) is 11.1 Å². The highest BCUT2D eigenvalue weighted by Crippen LogP contribution is 2.24. The molecule has 1 amide bonds. The van der Waals surface area contributed by atoms with Gasteiger partial charge >= 0.3 is 0 Å². The smallest absolute Gasteiger partial charge is 0.222 e. The van der Waals surface area contributed by atoms with Crippen LogP contribution >= 0.6 is 0 Å². The summed E-state index contributed by atoms with van der Waals surface area (Å²) in [4.78, 5) is 15.7. The second-order valence-corrected chi connectivity index (χ2v) is 6.22. The summed E-state index contributed by atoms with van der Waals surface area (Å²) in [6.07, 6.45) is 2.06. The predicted octanol–water partition coefficient (Wildman–Crippen LogP) is 1.04. The Morgan fingerprint density at radius 1 is 1.23 bits per heavy atom. The standard InChI is InChI=1S/C17H24N2O3/c1-22-16-5-4-13-6-8-18(10-14(13)9-16)11-15(20)12-19-7-2-3-17(19)21/h4-5,9,15,20H,2-3,6-8,10-12H2,1H3. The van der Waals surface area contributed by atoms with Crippen LogP contribution in [0.15, 0.2) is 18.2 Å². The van der Waals surface area contributed by atoms with Crippen LogP contribution in [0.4, 0.5) is 0 Å². The van der Waals surface area contributed by atoms with Crippen molar-refractivity contribution in [3.8, 4) is 5.75 Å². The first-order valence-corrected chi connectivity index (χ1v) is 7.99. The molecule has 0 aliphatic carbocycles. The van der Waals surface area contributed by atoms with Gasteiger partial charge in [0.05, 0.1) is 13.2 Å². The quantitative estimate of drug-likeness (QED) is 0.883. The van der Waals surface area contributed by atoms with Gasteiger partial charge in [0, 0.05) is 39.1 Å². The summed E-state index contributed by atoms with van der Waals surface area (Å²) in [5.41, 5.74) is 2.64. The van der Waals surface area contributed by atoms with Crippen molar-refractivity contribution in [3.05, 3.63) is 29.3 Å². The number of hydrogen-bond donors (Lipinski definition) is 1. The number of nitrogens with zero attached hydrogens (tertiary/aromatic N) is 2. The molecule has 0 radical (unpaired) electrons. The lowest BCUT2D eigenvalue weighted by atomic mass is 9.99. The third-order valence-electron chi connectivity index (χ3n) is 4.58. The summed E-state index contributed by atoms with van der Waals surface area (Å²) in [6, 6.07) is 6.21. The van der Waals surface area contributed by atoms with E-state index < -0.39 is 6.10 Å². The normalized spacial score (nSPS) is 20.1. The summed E-state index contributed by atoms with van der Waals surface area (Å²) in [5, 5.41) is 10.3. The van der Waals surface area contributed by atoms with Crippen LogP contribution in [0.5, 0.6) is 5.75 Å². The molecule has 1 atom stereocenters. The maximum Gasteiger partial charge on any atom is 0.222 e. The molecule has 2 heterocycles. The Bertz CT molecular complexity index is 547. The van der Waals surface area contributed by atoms with Crippen molar-refractivity contribution in [1.29, 1.82) is 0 Å². The van der Waals surface area contributed by atoms with Gasteiger partial charge in [0.1, 0.15) is 5.75 Å². The minimum Gasteiger partial charge on any atom is -0.497 e. The number of carbonyl (C=O) groups is 1. The summed E-state index contributed by atoms with van der Waals surface area (Å²) in [6.45, 7) is 3.64. The van der Waals surface area contributed by atoms with E-state index in [9.17, 15) is 9.90 Å². The highest BCUT2D eigenvalue weighted by atomic mass is 16.5. The number of benzene rings is 1. The molecule has 0 spiro atoms. The number of aliphatic hydroxyl groups excluding tert-OH is 1. The van der Waals surface area contributed by atoms with Crippen molar-refractivity contribution >= 4 is 5.91 Å². The van der Waals surface area contributed by atoms with Crippen LogP contribution in [0, 0.1) is 0 Å². The Balaban J connectivity index is 1.56. The second kappa shape index (κ2) is 6.67. The maximum absolute atomic E-state index is 11.6. The fourth-order valence-electron chi connectivity index (χ4n) is 3.38. The molecule has 3 rings (SSSR count). The maximum atomic E-state index is 11.6. The number of carbonyl (C=O) groups excluding carboxylic acids is 1. The van der Waals surface area contributed by atoms with Gasteiger partial charge in [-0.1, -0.05) is 6.07 Å². The zero-order chi connectivity index (χ0) is 15.5. The molecule has 22 heavy (non-hydrogen) atoms. The van der Waals surface area contributed by atoms with Gasteiger partial charge in [0.2, 0.25) is 5.91 Å². The van der Waals surface area contributed by atoms with Crippen LogP contribution in [-0.2, 0) is 17.8 Å². The van der Waals surface area contributed by atoms with Crippen LogP contribution < -0.4 is 4.74 Å². The molecule has 1 fully saturated rings. The van der Waals surface area contributed by atoms with Crippen molar-refractivity contribution in [2.24, 2.45) is 0 Å². The SMILES string of the molecule is COc1ccc2c(c1)CN(CC(O)CN1CCCC1=O)CC2. The molecular formula is C17H24N2O3. The topological polar surface area (TPSA) is 53.0 Å². The molecule has 120 valence electrons. The third-order valence-corrected chi connectivity index (χ3v) is 4.58. The Hall–Kier alpha value is -1.59. The van der Waals surface area contributed by atoms with Crippen LogP contribution in [0.3, 0.4) is 0 Å².